The zero-order chi connectivity index (χ0) is 21.1. The first kappa shape index (κ1) is 19.9. The van der Waals surface area contributed by atoms with E-state index in [-0.39, 0.29) is 10.8 Å². The average molecular weight is 419 g/mol. The van der Waals surface area contributed by atoms with Gasteiger partial charge >= 0.3 is 0 Å². The lowest BCUT2D eigenvalue weighted by molar-refractivity contribution is 0.593. The molecular formula is C23H22N4O2S. The van der Waals surface area contributed by atoms with Crippen molar-refractivity contribution in [3.63, 3.8) is 0 Å². The van der Waals surface area contributed by atoms with Gasteiger partial charge in [-0.3, -0.25) is 4.57 Å². The molecule has 2 aromatic heterocycles. The highest BCUT2D eigenvalue weighted by Gasteiger charge is 2.22. The highest BCUT2D eigenvalue weighted by molar-refractivity contribution is 7.91. The third-order valence-electron chi connectivity index (χ3n) is 4.75. The maximum atomic E-state index is 12.9. The Morgan fingerprint density at radius 1 is 1.03 bits per heavy atom. The van der Waals surface area contributed by atoms with Crippen LogP contribution in [-0.4, -0.2) is 23.7 Å². The molecule has 0 fully saturated rings. The number of nitrogens with one attached hydrogen (secondary N) is 1. The molecule has 7 heteroatoms. The SMILES string of the molecule is C=CCS(=O)(=O)c1cc2cc(Nc3ccccc3)cnc2n1-c1ccc(CN)cc1. The zero-order valence-electron chi connectivity index (χ0n) is 16.3. The van der Waals surface area contributed by atoms with E-state index in [0.29, 0.717) is 17.9 Å². The Morgan fingerprint density at radius 3 is 2.43 bits per heavy atom. The van der Waals surface area contributed by atoms with Crippen molar-refractivity contribution < 1.29 is 8.42 Å². The summed E-state index contributed by atoms with van der Waals surface area (Å²) in [6.07, 6.45) is 3.09. The van der Waals surface area contributed by atoms with Crippen LogP contribution in [0.25, 0.3) is 16.7 Å². The second-order valence-electron chi connectivity index (χ2n) is 6.89. The molecule has 2 heterocycles. The van der Waals surface area contributed by atoms with E-state index in [1.54, 1.807) is 16.8 Å². The van der Waals surface area contributed by atoms with Gasteiger partial charge in [-0.15, -0.1) is 6.58 Å². The molecule has 4 rings (SSSR count). The van der Waals surface area contributed by atoms with E-state index in [9.17, 15) is 8.42 Å². The van der Waals surface area contributed by atoms with Crippen molar-refractivity contribution >= 4 is 32.2 Å². The summed E-state index contributed by atoms with van der Waals surface area (Å²) in [7, 11) is -3.58. The summed E-state index contributed by atoms with van der Waals surface area (Å²) in [5, 5.41) is 4.20. The summed E-state index contributed by atoms with van der Waals surface area (Å²) < 4.78 is 27.5. The lowest BCUT2D eigenvalue weighted by Crippen LogP contribution is -2.11. The number of anilines is 2. The van der Waals surface area contributed by atoms with Gasteiger partial charge in [-0.1, -0.05) is 36.4 Å². The van der Waals surface area contributed by atoms with Gasteiger partial charge in [-0.05, 0) is 42.0 Å². The van der Waals surface area contributed by atoms with Crippen molar-refractivity contribution in [2.45, 2.75) is 11.6 Å². The maximum Gasteiger partial charge on any atom is 0.197 e. The first-order valence-corrected chi connectivity index (χ1v) is 11.1. The Balaban J connectivity index is 1.87. The number of hydrogen-bond acceptors (Lipinski definition) is 5. The van der Waals surface area contributed by atoms with E-state index in [4.69, 9.17) is 5.73 Å². The molecule has 6 nitrogen and oxygen atoms in total. The summed E-state index contributed by atoms with van der Waals surface area (Å²) in [5.41, 5.74) is 9.64. The number of sulfone groups is 1. The Hall–Kier alpha value is -3.42. The molecule has 0 spiro atoms. The predicted octanol–water partition coefficient (Wildman–Crippen LogP) is 4.19. The molecule has 2 aromatic carbocycles. The number of nitrogens with zero attached hydrogens (tertiary/aromatic N) is 2. The Morgan fingerprint density at radius 2 is 1.77 bits per heavy atom. The molecule has 0 radical (unpaired) electrons. The van der Waals surface area contributed by atoms with Crippen molar-refractivity contribution in [2.24, 2.45) is 5.73 Å². The molecule has 0 aliphatic carbocycles. The van der Waals surface area contributed by atoms with Gasteiger partial charge in [0.25, 0.3) is 0 Å². The Bertz CT molecular complexity index is 1290. The minimum absolute atomic E-state index is 0.153. The average Bonchev–Trinajstić information content (AvgIpc) is 3.14. The fourth-order valence-electron chi connectivity index (χ4n) is 3.33. The van der Waals surface area contributed by atoms with Crippen LogP contribution in [0.5, 0.6) is 0 Å². The first-order valence-electron chi connectivity index (χ1n) is 9.48. The lowest BCUT2D eigenvalue weighted by atomic mass is 10.2. The number of nitrogens with two attached hydrogens (primary N) is 1. The van der Waals surface area contributed by atoms with Crippen LogP contribution in [0.3, 0.4) is 0 Å². The van der Waals surface area contributed by atoms with Crippen LogP contribution in [0.15, 0.2) is 90.6 Å². The van der Waals surface area contributed by atoms with Gasteiger partial charge in [0.15, 0.2) is 9.84 Å². The first-order chi connectivity index (χ1) is 14.5. The highest BCUT2D eigenvalue weighted by Crippen LogP contribution is 2.29. The minimum Gasteiger partial charge on any atom is -0.354 e. The van der Waals surface area contributed by atoms with E-state index in [2.05, 4.69) is 16.9 Å². The molecule has 4 aromatic rings. The second-order valence-corrected chi connectivity index (χ2v) is 8.87. The van der Waals surface area contributed by atoms with Gasteiger partial charge in [0, 0.05) is 23.3 Å². The van der Waals surface area contributed by atoms with Crippen molar-refractivity contribution in [1.29, 1.82) is 0 Å². The fraction of sp³-hybridized carbons (Fsp3) is 0.0870. The monoisotopic (exact) mass is 418 g/mol. The molecule has 0 amide bonds. The molecule has 0 bridgehead atoms. The molecule has 30 heavy (non-hydrogen) atoms. The smallest absolute Gasteiger partial charge is 0.197 e. The molecule has 0 saturated carbocycles. The number of aromatic nitrogens is 2. The van der Waals surface area contributed by atoms with E-state index < -0.39 is 9.84 Å². The van der Waals surface area contributed by atoms with Gasteiger partial charge in [-0.25, -0.2) is 13.4 Å². The summed E-state index contributed by atoms with van der Waals surface area (Å²) in [6, 6.07) is 20.8. The second kappa shape index (κ2) is 8.14. The molecule has 0 saturated heterocycles. The van der Waals surface area contributed by atoms with Crippen LogP contribution < -0.4 is 11.1 Å². The van der Waals surface area contributed by atoms with Crippen molar-refractivity contribution in [3.8, 4) is 5.69 Å². The summed E-state index contributed by atoms with van der Waals surface area (Å²) in [5.74, 6) is -0.153. The topological polar surface area (TPSA) is 90.0 Å². The standard InChI is InChI=1S/C23H22N4O2S/c1-2-12-30(28,29)22-14-18-13-20(26-19-6-4-3-5-7-19)16-25-23(18)27(22)21-10-8-17(15-24)9-11-21/h2-11,13-14,16,26H,1,12,15,24H2. The van der Waals surface area contributed by atoms with Gasteiger partial charge in [0.2, 0.25) is 0 Å². The van der Waals surface area contributed by atoms with E-state index >= 15 is 0 Å². The molecular weight excluding hydrogens is 396 g/mol. The third kappa shape index (κ3) is 3.85. The molecule has 0 unspecified atom stereocenters. The van der Waals surface area contributed by atoms with Crippen molar-refractivity contribution in [1.82, 2.24) is 9.55 Å². The largest absolute Gasteiger partial charge is 0.354 e. The van der Waals surface area contributed by atoms with Crippen LogP contribution >= 0.6 is 0 Å². The summed E-state index contributed by atoms with van der Waals surface area (Å²) in [6.45, 7) is 4.00. The number of rotatable bonds is 7. The van der Waals surface area contributed by atoms with Crippen molar-refractivity contribution in [2.75, 3.05) is 11.1 Å². The summed E-state index contributed by atoms with van der Waals surface area (Å²) >= 11 is 0. The zero-order valence-corrected chi connectivity index (χ0v) is 17.1. The van der Waals surface area contributed by atoms with E-state index in [1.165, 1.54) is 6.08 Å². The van der Waals surface area contributed by atoms with Crippen LogP contribution in [0.4, 0.5) is 11.4 Å². The molecule has 0 atom stereocenters. The third-order valence-corrected chi connectivity index (χ3v) is 6.37. The van der Waals surface area contributed by atoms with Crippen LogP contribution in [0, 0.1) is 0 Å². The number of hydrogen-bond donors (Lipinski definition) is 2. The quantitative estimate of drug-likeness (QED) is 0.439. The minimum atomic E-state index is -3.58. The highest BCUT2D eigenvalue weighted by atomic mass is 32.2. The van der Waals surface area contributed by atoms with Crippen LogP contribution in [0.2, 0.25) is 0 Å². The number of para-hydroxylation sites is 1. The van der Waals surface area contributed by atoms with Crippen LogP contribution in [-0.2, 0) is 16.4 Å². The normalized spacial score (nSPS) is 11.5. The lowest BCUT2D eigenvalue weighted by Gasteiger charge is -2.11. The van der Waals surface area contributed by atoms with Gasteiger partial charge in [0.1, 0.15) is 10.7 Å². The Labute approximate surface area is 175 Å². The van der Waals surface area contributed by atoms with Gasteiger partial charge < -0.3 is 11.1 Å². The van der Waals surface area contributed by atoms with Crippen molar-refractivity contribution in [3.05, 3.63) is 91.1 Å². The fourth-order valence-corrected chi connectivity index (χ4v) is 4.58. The van der Waals surface area contributed by atoms with Gasteiger partial charge in [-0.2, -0.15) is 0 Å². The molecule has 3 N–H and O–H groups in total. The number of fused-ring (bicyclic) bond motifs is 1. The van der Waals surface area contributed by atoms with E-state index in [1.807, 2.05) is 60.7 Å². The molecule has 0 aliphatic rings. The Kier molecular flexibility index (Phi) is 5.39. The predicted molar refractivity (Wildman–Crippen MR) is 121 cm³/mol. The summed E-state index contributed by atoms with van der Waals surface area (Å²) in [4.78, 5) is 4.58. The number of pyridine rings is 1. The maximum absolute atomic E-state index is 12.9. The van der Waals surface area contributed by atoms with Crippen LogP contribution in [0.1, 0.15) is 5.56 Å². The number of benzene rings is 2. The van der Waals surface area contributed by atoms with E-state index in [0.717, 1.165) is 22.3 Å². The molecule has 152 valence electrons. The molecule has 0 aliphatic heterocycles. The van der Waals surface area contributed by atoms with Gasteiger partial charge in [0.05, 0.1) is 17.6 Å².